The van der Waals surface area contributed by atoms with E-state index in [4.69, 9.17) is 0 Å². The molecule has 1 aliphatic rings. The van der Waals surface area contributed by atoms with Crippen molar-refractivity contribution in [3.63, 3.8) is 0 Å². The van der Waals surface area contributed by atoms with Gasteiger partial charge in [-0.05, 0) is 24.6 Å². The third-order valence-corrected chi connectivity index (χ3v) is 4.77. The first kappa shape index (κ1) is 20.7. The molecule has 1 aliphatic heterocycles. The van der Waals surface area contributed by atoms with Gasteiger partial charge in [-0.25, -0.2) is 21.6 Å². The van der Waals surface area contributed by atoms with E-state index in [0.717, 1.165) is 18.4 Å². The highest BCUT2D eigenvalue weighted by molar-refractivity contribution is 7.90. The molecule has 2 rings (SSSR count). The van der Waals surface area contributed by atoms with Crippen molar-refractivity contribution in [3.8, 4) is 0 Å². The number of amides is 1. The van der Waals surface area contributed by atoms with Gasteiger partial charge in [-0.15, -0.1) is 12.4 Å². The summed E-state index contributed by atoms with van der Waals surface area (Å²) in [5.41, 5.74) is 0.341. The number of halogens is 4. The van der Waals surface area contributed by atoms with Crippen LogP contribution in [0.3, 0.4) is 0 Å². The van der Waals surface area contributed by atoms with Gasteiger partial charge < -0.3 is 5.32 Å². The van der Waals surface area contributed by atoms with Gasteiger partial charge in [0.05, 0.1) is 18.6 Å². The first-order valence-electron chi connectivity index (χ1n) is 6.91. The number of carbonyl (C=O) groups excluding carboxylic acids is 1. The highest BCUT2D eigenvalue weighted by atomic mass is 35.5. The largest absolute Gasteiger partial charge is 0.348 e. The summed E-state index contributed by atoms with van der Waals surface area (Å²) in [4.78, 5) is 11.5. The van der Waals surface area contributed by atoms with Crippen LogP contribution in [0.15, 0.2) is 23.1 Å². The molecule has 1 saturated heterocycles. The lowest BCUT2D eigenvalue weighted by Crippen LogP contribution is -2.41. The summed E-state index contributed by atoms with van der Waals surface area (Å²) in [5.74, 6) is -4.45. The van der Waals surface area contributed by atoms with E-state index in [0.29, 0.717) is 5.56 Å². The molecule has 0 aromatic heterocycles. The second-order valence-electron chi connectivity index (χ2n) is 5.69. The number of hydrogen-bond donors (Lipinski definition) is 2. The van der Waals surface area contributed by atoms with Crippen LogP contribution in [0.4, 0.5) is 13.2 Å². The third-order valence-electron chi connectivity index (χ3n) is 3.64. The summed E-state index contributed by atoms with van der Waals surface area (Å²) in [5, 5.41) is 4.94. The molecule has 0 spiro atoms. The smallest absolute Gasteiger partial charge is 0.262 e. The van der Waals surface area contributed by atoms with E-state index >= 15 is 0 Å². The second-order valence-corrected chi connectivity index (χ2v) is 7.67. The maximum absolute atomic E-state index is 13.8. The Morgan fingerprint density at radius 2 is 2.04 bits per heavy atom. The van der Waals surface area contributed by atoms with Crippen molar-refractivity contribution in [3.05, 3.63) is 29.6 Å². The number of carbonyl (C=O) groups is 1. The Balaban J connectivity index is 0.00000288. The van der Waals surface area contributed by atoms with Crippen molar-refractivity contribution in [2.75, 3.05) is 12.8 Å². The van der Waals surface area contributed by atoms with E-state index < -0.39 is 57.4 Å². The summed E-state index contributed by atoms with van der Waals surface area (Å²) in [6, 6.07) is 1.85. The maximum Gasteiger partial charge on any atom is 0.262 e. The molecule has 0 radical (unpaired) electrons. The Bertz CT molecular complexity index is 728. The molecular weight excluding hydrogens is 369 g/mol. The van der Waals surface area contributed by atoms with Crippen LogP contribution in [0.2, 0.25) is 0 Å². The first-order valence-corrected chi connectivity index (χ1v) is 8.80. The monoisotopic (exact) mass is 386 g/mol. The highest BCUT2D eigenvalue weighted by Gasteiger charge is 2.42. The Kier molecular flexibility index (Phi) is 6.29. The molecule has 2 atom stereocenters. The molecule has 136 valence electrons. The zero-order valence-electron chi connectivity index (χ0n) is 13.0. The Labute approximate surface area is 144 Å². The van der Waals surface area contributed by atoms with Crippen LogP contribution in [0, 0.1) is 5.82 Å². The fraction of sp³-hybridized carbons (Fsp3) is 0.500. The average molecular weight is 387 g/mol. The number of benzene rings is 1. The molecule has 1 heterocycles. The van der Waals surface area contributed by atoms with Gasteiger partial charge in [-0.3, -0.25) is 10.1 Å². The minimum atomic E-state index is -3.68. The molecule has 24 heavy (non-hydrogen) atoms. The van der Waals surface area contributed by atoms with Crippen molar-refractivity contribution in [1.29, 1.82) is 0 Å². The summed E-state index contributed by atoms with van der Waals surface area (Å²) in [7, 11) is -3.68. The van der Waals surface area contributed by atoms with Gasteiger partial charge in [0, 0.05) is 12.7 Å². The molecule has 0 saturated carbocycles. The molecule has 1 aromatic rings. The van der Waals surface area contributed by atoms with Crippen LogP contribution in [-0.2, 0) is 14.6 Å². The van der Waals surface area contributed by atoms with Gasteiger partial charge in [0.25, 0.3) is 5.92 Å². The lowest BCUT2D eigenvalue weighted by Gasteiger charge is -2.18. The standard InChI is InChI=1S/C14H17F3N2O3S.ClH/c1-8(19-13(20)11-6-14(16,17)7-18-11)9-3-4-12(10(15)5-9)23(2,21)22;/h3-5,8,11,18H,6-7H2,1-2H3,(H,19,20);1H. The fourth-order valence-electron chi connectivity index (χ4n) is 2.39. The van der Waals surface area contributed by atoms with E-state index in [1.54, 1.807) is 6.92 Å². The molecule has 1 fully saturated rings. The number of hydrogen-bond acceptors (Lipinski definition) is 4. The van der Waals surface area contributed by atoms with E-state index in [1.165, 1.54) is 6.07 Å². The van der Waals surface area contributed by atoms with Gasteiger partial charge in [0.2, 0.25) is 5.91 Å². The normalized spacial score (nSPS) is 21.0. The van der Waals surface area contributed by atoms with Crippen LogP contribution in [0.5, 0.6) is 0 Å². The molecule has 5 nitrogen and oxygen atoms in total. The predicted molar refractivity (Wildman–Crippen MR) is 84.7 cm³/mol. The molecule has 1 amide bonds. The van der Waals surface area contributed by atoms with Crippen molar-refractivity contribution in [2.45, 2.75) is 36.2 Å². The third kappa shape index (κ3) is 4.84. The Morgan fingerprint density at radius 1 is 1.42 bits per heavy atom. The summed E-state index contributed by atoms with van der Waals surface area (Å²) >= 11 is 0. The zero-order valence-corrected chi connectivity index (χ0v) is 14.6. The lowest BCUT2D eigenvalue weighted by molar-refractivity contribution is -0.124. The summed E-state index contributed by atoms with van der Waals surface area (Å²) < 4.78 is 62.7. The van der Waals surface area contributed by atoms with Crippen molar-refractivity contribution in [2.24, 2.45) is 0 Å². The molecular formula is C14H18ClF3N2O3S. The molecule has 0 bridgehead atoms. The SMILES string of the molecule is CC(NC(=O)C1CC(F)(F)CN1)c1ccc(S(C)(=O)=O)c(F)c1.Cl. The summed E-state index contributed by atoms with van der Waals surface area (Å²) in [6.07, 6.45) is 0.301. The van der Waals surface area contributed by atoms with Crippen molar-refractivity contribution in [1.82, 2.24) is 10.6 Å². The van der Waals surface area contributed by atoms with Gasteiger partial charge in [-0.2, -0.15) is 0 Å². The highest BCUT2D eigenvalue weighted by Crippen LogP contribution is 2.26. The number of alkyl halides is 2. The zero-order chi connectivity index (χ0) is 17.4. The minimum Gasteiger partial charge on any atom is -0.348 e. The van der Waals surface area contributed by atoms with E-state index in [2.05, 4.69) is 10.6 Å². The molecule has 1 aromatic carbocycles. The van der Waals surface area contributed by atoms with Crippen LogP contribution < -0.4 is 10.6 Å². The number of sulfone groups is 1. The van der Waals surface area contributed by atoms with Crippen LogP contribution in [-0.4, -0.2) is 39.1 Å². The Hall–Kier alpha value is -1.32. The van der Waals surface area contributed by atoms with Crippen LogP contribution in [0.1, 0.15) is 24.9 Å². The Morgan fingerprint density at radius 3 is 2.50 bits per heavy atom. The van der Waals surface area contributed by atoms with Crippen LogP contribution >= 0.6 is 12.4 Å². The van der Waals surface area contributed by atoms with Gasteiger partial charge in [0.1, 0.15) is 10.7 Å². The molecule has 2 unspecified atom stereocenters. The van der Waals surface area contributed by atoms with E-state index in [1.807, 2.05) is 0 Å². The van der Waals surface area contributed by atoms with Gasteiger partial charge >= 0.3 is 0 Å². The quantitative estimate of drug-likeness (QED) is 0.827. The fourth-order valence-corrected chi connectivity index (χ4v) is 3.11. The van der Waals surface area contributed by atoms with E-state index in [-0.39, 0.29) is 12.4 Å². The van der Waals surface area contributed by atoms with Crippen LogP contribution in [0.25, 0.3) is 0 Å². The number of rotatable bonds is 4. The maximum atomic E-state index is 13.8. The molecule has 0 aliphatic carbocycles. The van der Waals surface area contributed by atoms with Gasteiger partial charge in [-0.1, -0.05) is 6.07 Å². The second kappa shape index (κ2) is 7.28. The van der Waals surface area contributed by atoms with Gasteiger partial charge in [0.15, 0.2) is 9.84 Å². The van der Waals surface area contributed by atoms with E-state index in [9.17, 15) is 26.4 Å². The predicted octanol–water partition coefficient (Wildman–Crippen LogP) is 1.83. The lowest BCUT2D eigenvalue weighted by atomic mass is 10.1. The van der Waals surface area contributed by atoms with Crippen molar-refractivity contribution >= 4 is 28.2 Å². The molecule has 10 heteroatoms. The topological polar surface area (TPSA) is 75.3 Å². The average Bonchev–Trinajstić information content (AvgIpc) is 2.77. The first-order chi connectivity index (χ1) is 10.5. The molecule has 2 N–H and O–H groups in total. The minimum absolute atomic E-state index is 0. The van der Waals surface area contributed by atoms with Crippen molar-refractivity contribution < 1.29 is 26.4 Å². The number of nitrogens with one attached hydrogen (secondary N) is 2. The summed E-state index contributed by atoms with van der Waals surface area (Å²) in [6.45, 7) is 0.997.